The van der Waals surface area contributed by atoms with Gasteiger partial charge in [0.15, 0.2) is 5.69 Å². The first kappa shape index (κ1) is 23.8. The molecule has 0 aliphatic carbocycles. The summed E-state index contributed by atoms with van der Waals surface area (Å²) in [4.78, 5) is 39.2. The minimum absolute atomic E-state index is 0.106. The zero-order chi connectivity index (χ0) is 25.1. The second kappa shape index (κ2) is 10.4. The van der Waals surface area contributed by atoms with E-state index in [1.165, 1.54) is 10.9 Å². The second-order valence-corrected chi connectivity index (χ2v) is 8.56. The first-order chi connectivity index (χ1) is 17.5. The SMILES string of the molecule is NC(=O)c1c(C(=O)Nc2ccc(OCCN3CCOCC3)cc2Cl)ncn1-c1nc2ccccc2[nH]1. The highest BCUT2D eigenvalue weighted by atomic mass is 35.5. The molecular weight excluding hydrogens is 486 g/mol. The number of para-hydroxylation sites is 2. The van der Waals surface area contributed by atoms with E-state index in [9.17, 15) is 9.59 Å². The summed E-state index contributed by atoms with van der Waals surface area (Å²) in [5, 5.41) is 2.97. The largest absolute Gasteiger partial charge is 0.492 e. The standard InChI is InChI=1S/C24H24ClN7O4/c25-16-13-15(36-12-9-31-7-10-35-11-8-31)5-6-17(16)28-23(34)20-21(22(26)33)32(14-27-20)24-29-18-3-1-2-4-19(18)30-24/h1-6,13-14H,7-12H2,(H2,26,33)(H,28,34)(H,29,30). The van der Waals surface area contributed by atoms with Crippen molar-refractivity contribution in [3.8, 4) is 11.7 Å². The first-order valence-corrected chi connectivity index (χ1v) is 11.7. The van der Waals surface area contributed by atoms with Gasteiger partial charge in [-0.25, -0.2) is 9.97 Å². The summed E-state index contributed by atoms with van der Waals surface area (Å²) < 4.78 is 12.5. The molecule has 2 aromatic heterocycles. The fourth-order valence-corrected chi connectivity index (χ4v) is 4.17. The number of hydrogen-bond acceptors (Lipinski definition) is 7. The fraction of sp³-hybridized carbons (Fsp3) is 0.250. The smallest absolute Gasteiger partial charge is 0.276 e. The maximum absolute atomic E-state index is 13.0. The van der Waals surface area contributed by atoms with Crippen molar-refractivity contribution in [2.45, 2.75) is 0 Å². The van der Waals surface area contributed by atoms with Gasteiger partial charge in [0.2, 0.25) is 5.95 Å². The summed E-state index contributed by atoms with van der Waals surface area (Å²) in [7, 11) is 0. The fourth-order valence-electron chi connectivity index (χ4n) is 3.95. The number of hydrogen-bond donors (Lipinski definition) is 3. The molecule has 1 saturated heterocycles. The van der Waals surface area contributed by atoms with Crippen LogP contribution in [0.4, 0.5) is 5.69 Å². The topological polar surface area (TPSA) is 140 Å². The number of carbonyl (C=O) groups excluding carboxylic acids is 2. The number of halogens is 1. The summed E-state index contributed by atoms with van der Waals surface area (Å²) >= 11 is 6.38. The van der Waals surface area contributed by atoms with Gasteiger partial charge in [0, 0.05) is 25.7 Å². The number of rotatable bonds is 8. The van der Waals surface area contributed by atoms with E-state index in [2.05, 4.69) is 25.2 Å². The van der Waals surface area contributed by atoms with Gasteiger partial charge in [0.1, 0.15) is 24.4 Å². The van der Waals surface area contributed by atoms with Crippen LogP contribution in [0, 0.1) is 0 Å². The van der Waals surface area contributed by atoms with Crippen LogP contribution >= 0.6 is 11.6 Å². The average Bonchev–Trinajstić information content (AvgIpc) is 3.51. The van der Waals surface area contributed by atoms with Crippen LogP contribution in [0.3, 0.4) is 0 Å². The van der Waals surface area contributed by atoms with Crippen molar-refractivity contribution in [3.63, 3.8) is 0 Å². The summed E-state index contributed by atoms with van der Waals surface area (Å²) in [5.41, 5.74) is 7.15. The molecule has 0 unspecified atom stereocenters. The molecular formula is C24H24ClN7O4. The number of fused-ring (bicyclic) bond motifs is 1. The van der Waals surface area contributed by atoms with Crippen LogP contribution in [0.5, 0.6) is 5.75 Å². The zero-order valence-electron chi connectivity index (χ0n) is 19.2. The van der Waals surface area contributed by atoms with Crippen LogP contribution in [-0.2, 0) is 4.74 Å². The number of anilines is 1. The summed E-state index contributed by atoms with van der Waals surface area (Å²) in [6.07, 6.45) is 1.32. The molecule has 1 aliphatic rings. The molecule has 12 heteroatoms. The molecule has 0 atom stereocenters. The molecule has 186 valence electrons. The number of benzene rings is 2. The quantitative estimate of drug-likeness (QED) is 0.331. The Balaban J connectivity index is 1.29. The lowest BCUT2D eigenvalue weighted by molar-refractivity contribution is 0.0322. The Bertz CT molecular complexity index is 1380. The van der Waals surface area contributed by atoms with E-state index in [1.807, 2.05) is 24.3 Å². The molecule has 1 fully saturated rings. The Hall–Kier alpha value is -3.93. The number of nitrogens with two attached hydrogens (primary N) is 1. The highest BCUT2D eigenvalue weighted by Gasteiger charge is 2.25. The first-order valence-electron chi connectivity index (χ1n) is 11.4. The monoisotopic (exact) mass is 509 g/mol. The van der Waals surface area contributed by atoms with Crippen molar-refractivity contribution in [2.24, 2.45) is 5.73 Å². The molecule has 5 rings (SSSR count). The van der Waals surface area contributed by atoms with Gasteiger partial charge < -0.3 is 25.5 Å². The molecule has 0 saturated carbocycles. The van der Waals surface area contributed by atoms with E-state index in [4.69, 9.17) is 26.8 Å². The zero-order valence-corrected chi connectivity index (χ0v) is 20.0. The average molecular weight is 510 g/mol. The number of aromatic nitrogens is 4. The van der Waals surface area contributed by atoms with Crippen LogP contribution in [0.1, 0.15) is 21.0 Å². The van der Waals surface area contributed by atoms with Crippen molar-refractivity contribution in [1.82, 2.24) is 24.4 Å². The molecule has 1 aliphatic heterocycles. The number of H-pyrrole nitrogens is 1. The van der Waals surface area contributed by atoms with Crippen molar-refractivity contribution in [3.05, 3.63) is 65.2 Å². The van der Waals surface area contributed by atoms with Gasteiger partial charge in [-0.1, -0.05) is 23.7 Å². The normalized spacial score (nSPS) is 14.1. The van der Waals surface area contributed by atoms with E-state index in [-0.39, 0.29) is 16.4 Å². The maximum atomic E-state index is 13.0. The number of imidazole rings is 2. The van der Waals surface area contributed by atoms with E-state index >= 15 is 0 Å². The van der Waals surface area contributed by atoms with Crippen LogP contribution in [0.2, 0.25) is 5.02 Å². The molecule has 11 nitrogen and oxygen atoms in total. The van der Waals surface area contributed by atoms with Gasteiger partial charge in [-0.3, -0.25) is 19.1 Å². The van der Waals surface area contributed by atoms with Crippen molar-refractivity contribution in [1.29, 1.82) is 0 Å². The van der Waals surface area contributed by atoms with Gasteiger partial charge in [-0.2, -0.15) is 0 Å². The summed E-state index contributed by atoms with van der Waals surface area (Å²) in [5.74, 6) is -0.568. The van der Waals surface area contributed by atoms with Crippen LogP contribution in [0.25, 0.3) is 17.0 Å². The predicted octanol–water partition coefficient (Wildman–Crippen LogP) is 2.46. The Morgan fingerprint density at radius 2 is 2.00 bits per heavy atom. The maximum Gasteiger partial charge on any atom is 0.276 e. The third-order valence-corrected chi connectivity index (χ3v) is 6.10. The van der Waals surface area contributed by atoms with Gasteiger partial charge in [0.05, 0.1) is 35.0 Å². The van der Waals surface area contributed by atoms with Crippen LogP contribution in [0.15, 0.2) is 48.8 Å². The van der Waals surface area contributed by atoms with E-state index in [0.29, 0.717) is 29.5 Å². The Kier molecular flexibility index (Phi) is 6.85. The Morgan fingerprint density at radius 3 is 2.75 bits per heavy atom. The van der Waals surface area contributed by atoms with Gasteiger partial charge in [-0.15, -0.1) is 0 Å². The van der Waals surface area contributed by atoms with E-state index < -0.39 is 11.8 Å². The number of amides is 2. The number of nitrogens with zero attached hydrogens (tertiary/aromatic N) is 4. The number of morpholine rings is 1. The van der Waals surface area contributed by atoms with E-state index in [1.54, 1.807) is 18.2 Å². The molecule has 0 bridgehead atoms. The second-order valence-electron chi connectivity index (χ2n) is 8.15. The molecule has 4 N–H and O–H groups in total. The third kappa shape index (κ3) is 5.03. The van der Waals surface area contributed by atoms with Crippen molar-refractivity contribution in [2.75, 3.05) is 44.8 Å². The molecule has 3 heterocycles. The minimum Gasteiger partial charge on any atom is -0.492 e. The number of nitrogens with one attached hydrogen (secondary N) is 2. The lowest BCUT2D eigenvalue weighted by Gasteiger charge is -2.26. The molecule has 4 aromatic rings. The molecule has 36 heavy (non-hydrogen) atoms. The van der Waals surface area contributed by atoms with E-state index in [0.717, 1.165) is 38.4 Å². The minimum atomic E-state index is -0.826. The Morgan fingerprint density at radius 1 is 1.19 bits per heavy atom. The van der Waals surface area contributed by atoms with Gasteiger partial charge in [-0.05, 0) is 24.3 Å². The summed E-state index contributed by atoms with van der Waals surface area (Å²) in [6, 6.07) is 12.3. The molecule has 2 aromatic carbocycles. The van der Waals surface area contributed by atoms with Gasteiger partial charge in [0.25, 0.3) is 11.8 Å². The third-order valence-electron chi connectivity index (χ3n) is 5.79. The Labute approximate surface area is 211 Å². The lowest BCUT2D eigenvalue weighted by Crippen LogP contribution is -2.38. The number of primary amides is 1. The van der Waals surface area contributed by atoms with Crippen molar-refractivity contribution < 1.29 is 19.1 Å². The highest BCUT2D eigenvalue weighted by molar-refractivity contribution is 6.34. The van der Waals surface area contributed by atoms with Crippen molar-refractivity contribution >= 4 is 40.1 Å². The lowest BCUT2D eigenvalue weighted by atomic mass is 10.2. The summed E-state index contributed by atoms with van der Waals surface area (Å²) in [6.45, 7) is 4.51. The van der Waals surface area contributed by atoms with Gasteiger partial charge >= 0.3 is 0 Å². The molecule has 0 spiro atoms. The predicted molar refractivity (Wildman–Crippen MR) is 134 cm³/mol. The van der Waals surface area contributed by atoms with Crippen LogP contribution in [-0.4, -0.2) is 75.7 Å². The highest BCUT2D eigenvalue weighted by Crippen LogP contribution is 2.28. The number of aromatic amines is 1. The molecule has 0 radical (unpaired) electrons. The number of ether oxygens (including phenoxy) is 2. The number of carbonyl (C=O) groups is 2. The molecule has 2 amide bonds. The van der Waals surface area contributed by atoms with Crippen LogP contribution < -0.4 is 15.8 Å².